The summed E-state index contributed by atoms with van der Waals surface area (Å²) in [4.78, 5) is 0. The van der Waals surface area contributed by atoms with E-state index >= 15 is 0 Å². The first-order chi connectivity index (χ1) is 8.90. The third-order valence-electron chi connectivity index (χ3n) is 3.08. The third kappa shape index (κ3) is 5.21. The molecule has 0 aromatic heterocycles. The van der Waals surface area contributed by atoms with Crippen LogP contribution in [0.1, 0.15) is 49.8 Å². The van der Waals surface area contributed by atoms with E-state index in [2.05, 4.69) is 0 Å². The number of hydrogen-bond donors (Lipinski definition) is 1. The Balaban J connectivity index is 0.00000361. The van der Waals surface area contributed by atoms with Crippen molar-refractivity contribution in [1.82, 2.24) is 0 Å². The van der Waals surface area contributed by atoms with Crippen molar-refractivity contribution < 1.29 is 17.9 Å². The lowest BCUT2D eigenvalue weighted by molar-refractivity contribution is -0.138. The minimum absolute atomic E-state index is 0. The van der Waals surface area contributed by atoms with Crippen molar-refractivity contribution in [3.8, 4) is 5.75 Å². The van der Waals surface area contributed by atoms with E-state index in [0.717, 1.165) is 25.3 Å². The summed E-state index contributed by atoms with van der Waals surface area (Å²) in [6.07, 6.45) is -1.02. The fraction of sp³-hybridized carbons (Fsp3) is 0.571. The summed E-state index contributed by atoms with van der Waals surface area (Å²) in [7, 11) is 1.34. The Bertz CT molecular complexity index is 410. The molecule has 0 saturated heterocycles. The highest BCUT2D eigenvalue weighted by atomic mass is 35.5. The summed E-state index contributed by atoms with van der Waals surface area (Å²) < 4.78 is 43.8. The summed E-state index contributed by atoms with van der Waals surface area (Å²) in [6, 6.07) is 3.35. The van der Waals surface area contributed by atoms with E-state index in [9.17, 15) is 13.2 Å². The molecule has 1 atom stereocenters. The number of rotatable bonds is 6. The van der Waals surface area contributed by atoms with E-state index in [1.807, 2.05) is 6.92 Å². The van der Waals surface area contributed by atoms with E-state index < -0.39 is 17.8 Å². The fourth-order valence-electron chi connectivity index (χ4n) is 2.00. The Kier molecular flexibility index (Phi) is 7.98. The maximum Gasteiger partial charge on any atom is 0.416 e. The second kappa shape index (κ2) is 8.37. The lowest BCUT2D eigenvalue weighted by Crippen LogP contribution is -2.17. The third-order valence-corrected chi connectivity index (χ3v) is 3.08. The van der Waals surface area contributed by atoms with Gasteiger partial charge in [-0.25, -0.2) is 0 Å². The first-order valence-electron chi connectivity index (χ1n) is 6.40. The molecule has 20 heavy (non-hydrogen) atoms. The Hall–Kier alpha value is -0.940. The molecule has 0 spiro atoms. The van der Waals surface area contributed by atoms with E-state index in [0.29, 0.717) is 6.42 Å². The maximum absolute atomic E-state index is 13.0. The Labute approximate surface area is 123 Å². The topological polar surface area (TPSA) is 35.2 Å². The van der Waals surface area contributed by atoms with E-state index in [4.69, 9.17) is 10.5 Å². The highest BCUT2D eigenvalue weighted by molar-refractivity contribution is 5.85. The normalized spacial score (nSPS) is 12.7. The molecule has 0 heterocycles. The Morgan fingerprint density at radius 3 is 2.40 bits per heavy atom. The zero-order valence-electron chi connectivity index (χ0n) is 11.7. The van der Waals surface area contributed by atoms with Gasteiger partial charge in [0.05, 0.1) is 12.7 Å². The van der Waals surface area contributed by atoms with Crippen LogP contribution in [0.25, 0.3) is 0 Å². The van der Waals surface area contributed by atoms with Crippen molar-refractivity contribution in [2.75, 3.05) is 7.11 Å². The molecule has 2 N–H and O–H groups in total. The lowest BCUT2D eigenvalue weighted by Gasteiger charge is -2.19. The van der Waals surface area contributed by atoms with Crippen molar-refractivity contribution in [2.24, 2.45) is 5.73 Å². The molecule has 0 bridgehead atoms. The maximum atomic E-state index is 13.0. The Morgan fingerprint density at radius 1 is 1.25 bits per heavy atom. The van der Waals surface area contributed by atoms with Gasteiger partial charge in [-0.15, -0.1) is 12.4 Å². The highest BCUT2D eigenvalue weighted by Crippen LogP contribution is 2.37. The summed E-state index contributed by atoms with van der Waals surface area (Å²) in [5.74, 6) is 0.192. The molecule has 0 saturated carbocycles. The molecule has 1 rings (SSSR count). The van der Waals surface area contributed by atoms with Gasteiger partial charge in [-0.1, -0.05) is 32.3 Å². The number of halogens is 4. The highest BCUT2D eigenvalue weighted by Gasteiger charge is 2.35. The van der Waals surface area contributed by atoms with Gasteiger partial charge < -0.3 is 10.5 Å². The molecular formula is C14H21ClF3NO. The Morgan fingerprint density at radius 2 is 1.90 bits per heavy atom. The van der Waals surface area contributed by atoms with Crippen molar-refractivity contribution in [1.29, 1.82) is 0 Å². The first-order valence-corrected chi connectivity index (χ1v) is 6.40. The number of benzene rings is 1. The molecular weight excluding hydrogens is 291 g/mol. The largest absolute Gasteiger partial charge is 0.497 e. The predicted molar refractivity (Wildman–Crippen MR) is 76.3 cm³/mol. The molecule has 2 nitrogen and oxygen atoms in total. The summed E-state index contributed by atoms with van der Waals surface area (Å²) >= 11 is 0. The van der Waals surface area contributed by atoms with Crippen molar-refractivity contribution >= 4 is 12.4 Å². The van der Waals surface area contributed by atoms with E-state index in [1.54, 1.807) is 0 Å². The fourth-order valence-corrected chi connectivity index (χ4v) is 2.00. The molecule has 6 heteroatoms. The molecule has 0 fully saturated rings. The zero-order chi connectivity index (χ0) is 14.5. The standard InChI is InChI=1S/C14H20F3NO.ClH/c1-3-4-5-6-13(18)11-8-7-10(19-2)9-12(11)14(15,16)17;/h7-9,13H,3-6,18H2,1-2H3;1H/t13-;/m0./s1. The van der Waals surface area contributed by atoms with E-state index in [1.165, 1.54) is 19.2 Å². The van der Waals surface area contributed by atoms with Gasteiger partial charge in [-0.05, 0) is 24.1 Å². The van der Waals surface area contributed by atoms with Gasteiger partial charge in [0.2, 0.25) is 0 Å². The van der Waals surface area contributed by atoms with Crippen molar-refractivity contribution in [3.63, 3.8) is 0 Å². The number of methoxy groups -OCH3 is 1. The number of ether oxygens (including phenoxy) is 1. The van der Waals surface area contributed by atoms with Gasteiger partial charge in [0, 0.05) is 6.04 Å². The number of alkyl halides is 3. The van der Waals surface area contributed by atoms with Crippen LogP contribution in [0, 0.1) is 0 Å². The second-order valence-electron chi connectivity index (χ2n) is 4.55. The average Bonchev–Trinajstić information content (AvgIpc) is 2.37. The zero-order valence-corrected chi connectivity index (χ0v) is 12.5. The first kappa shape index (κ1) is 19.1. The quantitative estimate of drug-likeness (QED) is 0.772. The number of nitrogens with two attached hydrogens (primary N) is 1. The molecule has 0 aliphatic carbocycles. The van der Waals surface area contributed by atoms with Crippen LogP contribution < -0.4 is 10.5 Å². The molecule has 0 amide bonds. The van der Waals surface area contributed by atoms with Crippen LogP contribution >= 0.6 is 12.4 Å². The number of unbranched alkanes of at least 4 members (excludes halogenated alkanes) is 2. The minimum Gasteiger partial charge on any atom is -0.497 e. The number of hydrogen-bond acceptors (Lipinski definition) is 2. The van der Waals surface area contributed by atoms with Gasteiger partial charge in [0.15, 0.2) is 0 Å². The molecule has 0 aliphatic heterocycles. The SMILES string of the molecule is CCCCC[C@H](N)c1ccc(OC)cc1C(F)(F)F.Cl. The van der Waals surface area contributed by atoms with Gasteiger partial charge in [0.1, 0.15) is 5.75 Å². The molecule has 0 radical (unpaired) electrons. The average molecular weight is 312 g/mol. The van der Waals surface area contributed by atoms with Gasteiger partial charge >= 0.3 is 6.18 Å². The molecule has 0 unspecified atom stereocenters. The molecule has 1 aromatic carbocycles. The monoisotopic (exact) mass is 311 g/mol. The van der Waals surface area contributed by atoms with Crippen LogP contribution in [0.3, 0.4) is 0 Å². The van der Waals surface area contributed by atoms with Crippen LogP contribution in [0.15, 0.2) is 18.2 Å². The van der Waals surface area contributed by atoms with Crippen LogP contribution in [0.5, 0.6) is 5.75 Å². The van der Waals surface area contributed by atoms with Gasteiger partial charge in [0.25, 0.3) is 0 Å². The van der Waals surface area contributed by atoms with Crippen LogP contribution in [0.2, 0.25) is 0 Å². The van der Waals surface area contributed by atoms with Crippen LogP contribution in [-0.4, -0.2) is 7.11 Å². The van der Waals surface area contributed by atoms with E-state index in [-0.39, 0.29) is 23.7 Å². The van der Waals surface area contributed by atoms with Crippen molar-refractivity contribution in [3.05, 3.63) is 29.3 Å². The summed E-state index contributed by atoms with van der Waals surface area (Å²) in [5.41, 5.74) is 5.33. The smallest absolute Gasteiger partial charge is 0.416 e. The lowest BCUT2D eigenvalue weighted by atomic mass is 9.96. The minimum atomic E-state index is -4.41. The second-order valence-corrected chi connectivity index (χ2v) is 4.55. The van der Waals surface area contributed by atoms with Crippen LogP contribution in [-0.2, 0) is 6.18 Å². The summed E-state index contributed by atoms with van der Waals surface area (Å²) in [5, 5.41) is 0. The molecule has 1 aromatic rings. The van der Waals surface area contributed by atoms with Crippen molar-refractivity contribution in [2.45, 2.75) is 44.8 Å². The predicted octanol–water partition coefficient (Wildman–Crippen LogP) is 4.72. The molecule has 116 valence electrons. The summed E-state index contributed by atoms with van der Waals surface area (Å²) in [6.45, 7) is 2.04. The van der Waals surface area contributed by atoms with Gasteiger partial charge in [-0.3, -0.25) is 0 Å². The van der Waals surface area contributed by atoms with Gasteiger partial charge in [-0.2, -0.15) is 13.2 Å². The molecule has 0 aliphatic rings. The van der Waals surface area contributed by atoms with Crippen LogP contribution in [0.4, 0.5) is 13.2 Å².